The van der Waals surface area contributed by atoms with Gasteiger partial charge in [-0.25, -0.2) is 17.6 Å². The van der Waals surface area contributed by atoms with E-state index < -0.39 is 44.4 Å². The molecule has 0 radical (unpaired) electrons. The molecule has 1 heterocycles. The summed E-state index contributed by atoms with van der Waals surface area (Å²) in [5.41, 5.74) is -0.906. The number of nitrogens with one attached hydrogen (secondary N) is 1. The molecule has 0 aliphatic heterocycles. The number of halogens is 2. The lowest BCUT2D eigenvalue weighted by Gasteiger charge is -2.24. The first-order chi connectivity index (χ1) is 13.8. The molecule has 0 saturated heterocycles. The Kier molecular flexibility index (Phi) is 7.46. The van der Waals surface area contributed by atoms with Gasteiger partial charge in [0.1, 0.15) is 17.5 Å². The Balaban J connectivity index is 2.29. The number of alkyl carbamates (subject to hydrolysis) is 1. The van der Waals surface area contributed by atoms with Gasteiger partial charge in [0.05, 0.1) is 5.75 Å². The fourth-order valence-electron chi connectivity index (χ4n) is 2.51. The number of aromatic nitrogens is 2. The number of hydrogen-bond donors (Lipinski definition) is 1. The highest BCUT2D eigenvalue weighted by Gasteiger charge is 2.31. The highest BCUT2D eigenvalue weighted by molar-refractivity contribution is 7.90. The van der Waals surface area contributed by atoms with E-state index in [1.165, 1.54) is 12.1 Å². The first kappa shape index (κ1) is 24.1. The topological polar surface area (TPSA) is 111 Å². The molecule has 11 heteroatoms. The molecule has 1 aromatic heterocycles. The van der Waals surface area contributed by atoms with Gasteiger partial charge in [0.15, 0.2) is 0 Å². The van der Waals surface area contributed by atoms with Crippen molar-refractivity contribution in [1.29, 1.82) is 0 Å². The summed E-state index contributed by atoms with van der Waals surface area (Å²) in [7, 11) is -4.17. The van der Waals surface area contributed by atoms with Crippen molar-refractivity contribution in [2.24, 2.45) is 5.92 Å². The molecular formula is C19H25ClFN3O5S. The first-order valence-electron chi connectivity index (χ1n) is 9.32. The third kappa shape index (κ3) is 6.15. The lowest BCUT2D eigenvalue weighted by atomic mass is 9.99. The Morgan fingerprint density at radius 2 is 2.00 bits per heavy atom. The molecule has 2 aromatic rings. The molecule has 0 fully saturated rings. The number of nitrogens with zero attached hydrogens (tertiary/aromatic N) is 2. The second-order valence-electron chi connectivity index (χ2n) is 7.87. The number of carbonyl (C=O) groups is 1. The minimum absolute atomic E-state index is 0.0256. The van der Waals surface area contributed by atoms with Gasteiger partial charge < -0.3 is 14.5 Å². The molecular weight excluding hydrogens is 437 g/mol. The summed E-state index contributed by atoms with van der Waals surface area (Å²) in [6, 6.07) is 3.11. The van der Waals surface area contributed by atoms with Crippen molar-refractivity contribution in [1.82, 2.24) is 15.5 Å². The van der Waals surface area contributed by atoms with Crippen LogP contribution in [0, 0.1) is 11.7 Å². The molecule has 0 spiro atoms. The lowest BCUT2D eigenvalue weighted by molar-refractivity contribution is 0.0473. The van der Waals surface area contributed by atoms with E-state index in [2.05, 4.69) is 15.5 Å². The zero-order valence-corrected chi connectivity index (χ0v) is 19.0. The quantitative estimate of drug-likeness (QED) is 0.648. The normalized spacial score (nSPS) is 14.2. The van der Waals surface area contributed by atoms with Crippen molar-refractivity contribution < 1.29 is 26.8 Å². The van der Waals surface area contributed by atoms with Gasteiger partial charge in [-0.2, -0.15) is 0 Å². The van der Waals surface area contributed by atoms with Crippen molar-refractivity contribution in [2.45, 2.75) is 63.7 Å². The highest BCUT2D eigenvalue weighted by Crippen LogP contribution is 2.28. The number of hydrogen-bond acceptors (Lipinski definition) is 7. The Bertz CT molecular complexity index is 984. The second kappa shape index (κ2) is 9.30. The van der Waals surface area contributed by atoms with E-state index in [-0.39, 0.29) is 22.4 Å². The maximum absolute atomic E-state index is 14.0. The summed E-state index contributed by atoms with van der Waals surface area (Å²) < 4.78 is 49.9. The van der Waals surface area contributed by atoms with Gasteiger partial charge in [-0.05, 0) is 38.8 Å². The van der Waals surface area contributed by atoms with Gasteiger partial charge in [0.2, 0.25) is 15.7 Å². The van der Waals surface area contributed by atoms with Crippen LogP contribution < -0.4 is 5.32 Å². The summed E-state index contributed by atoms with van der Waals surface area (Å²) in [6.07, 6.45) is -0.0657. The Labute approximate surface area is 180 Å². The highest BCUT2D eigenvalue weighted by atomic mass is 35.5. The molecule has 0 aliphatic rings. The summed E-state index contributed by atoms with van der Waals surface area (Å²) >= 11 is 5.92. The smallest absolute Gasteiger partial charge is 0.408 e. The minimum Gasteiger partial charge on any atom is -0.444 e. The summed E-state index contributed by atoms with van der Waals surface area (Å²) in [5, 5.41) is 9.33. The number of ether oxygens (including phenoxy) is 1. The average molecular weight is 462 g/mol. The average Bonchev–Trinajstić information content (AvgIpc) is 3.11. The van der Waals surface area contributed by atoms with Gasteiger partial charge >= 0.3 is 11.3 Å². The predicted molar refractivity (Wildman–Crippen MR) is 108 cm³/mol. The number of rotatable bonds is 7. The van der Waals surface area contributed by atoms with E-state index >= 15 is 0 Å². The fraction of sp³-hybridized carbons (Fsp3) is 0.526. The number of carbonyl (C=O) groups excluding carboxylic acids is 1. The van der Waals surface area contributed by atoms with E-state index in [9.17, 15) is 17.6 Å². The summed E-state index contributed by atoms with van der Waals surface area (Å²) in [6.45, 7) is 8.88. The molecule has 0 bridgehead atoms. The second-order valence-corrected chi connectivity index (χ2v) is 10.1. The van der Waals surface area contributed by atoms with Gasteiger partial charge in [-0.15, -0.1) is 5.10 Å². The van der Waals surface area contributed by atoms with Crippen molar-refractivity contribution >= 4 is 27.5 Å². The lowest BCUT2D eigenvalue weighted by Crippen LogP contribution is -2.37. The van der Waals surface area contributed by atoms with Crippen LogP contribution in [0.4, 0.5) is 9.18 Å². The molecule has 2 rings (SSSR count). The van der Waals surface area contributed by atoms with Gasteiger partial charge in [-0.3, -0.25) is 0 Å². The summed E-state index contributed by atoms with van der Waals surface area (Å²) in [4.78, 5) is 12.2. The fourth-order valence-corrected chi connectivity index (χ4v) is 3.99. The predicted octanol–water partition coefficient (Wildman–Crippen LogP) is 4.45. The molecule has 1 N–H and O–H groups in total. The zero-order valence-electron chi connectivity index (χ0n) is 17.4. The van der Waals surface area contributed by atoms with Crippen LogP contribution in [0.3, 0.4) is 0 Å². The first-order valence-corrected chi connectivity index (χ1v) is 11.4. The largest absolute Gasteiger partial charge is 0.444 e. The SMILES string of the molecule is CC[C@@H](C)[C@H](NC(=O)OC(C)(C)C)c1nnc(S(=O)(=O)Cc2c(F)cccc2Cl)o1. The van der Waals surface area contributed by atoms with Crippen LogP contribution in [-0.2, 0) is 20.3 Å². The maximum Gasteiger partial charge on any atom is 0.408 e. The maximum atomic E-state index is 14.0. The van der Waals surface area contributed by atoms with Crippen LogP contribution in [-0.4, -0.2) is 30.3 Å². The Hall–Kier alpha value is -2.20. The van der Waals surface area contributed by atoms with E-state index in [1.807, 2.05) is 13.8 Å². The van der Waals surface area contributed by atoms with E-state index in [1.54, 1.807) is 20.8 Å². The molecule has 30 heavy (non-hydrogen) atoms. The van der Waals surface area contributed by atoms with E-state index in [0.29, 0.717) is 6.42 Å². The van der Waals surface area contributed by atoms with Crippen LogP contribution in [0.2, 0.25) is 5.02 Å². The molecule has 8 nitrogen and oxygen atoms in total. The van der Waals surface area contributed by atoms with Crippen LogP contribution in [0.5, 0.6) is 0 Å². The van der Waals surface area contributed by atoms with Crippen molar-refractivity contribution in [2.75, 3.05) is 0 Å². The van der Waals surface area contributed by atoms with Crippen LogP contribution >= 0.6 is 11.6 Å². The molecule has 0 unspecified atom stereocenters. The third-order valence-electron chi connectivity index (χ3n) is 4.24. The van der Waals surface area contributed by atoms with Gasteiger partial charge in [0.25, 0.3) is 0 Å². The Morgan fingerprint density at radius 1 is 1.33 bits per heavy atom. The van der Waals surface area contributed by atoms with E-state index in [4.69, 9.17) is 20.8 Å². The van der Waals surface area contributed by atoms with Crippen molar-refractivity contribution in [3.05, 3.63) is 40.5 Å². The molecule has 2 atom stereocenters. The summed E-state index contributed by atoms with van der Waals surface area (Å²) in [5.74, 6) is -1.74. The van der Waals surface area contributed by atoms with E-state index in [0.717, 1.165) is 6.07 Å². The number of benzene rings is 1. The Morgan fingerprint density at radius 3 is 2.57 bits per heavy atom. The minimum atomic E-state index is -4.17. The van der Waals surface area contributed by atoms with Crippen molar-refractivity contribution in [3.8, 4) is 0 Å². The van der Waals surface area contributed by atoms with Crippen LogP contribution in [0.25, 0.3) is 0 Å². The molecule has 1 amide bonds. The third-order valence-corrected chi connectivity index (χ3v) is 5.96. The standard InChI is InChI=1S/C19H25ClFN3O5S/c1-6-11(2)15(22-17(25)29-19(3,4)5)16-23-24-18(28-16)30(26,27)10-12-13(20)8-7-9-14(12)21/h7-9,11,15H,6,10H2,1-5H3,(H,22,25)/t11-,15+/m1/s1. The monoisotopic (exact) mass is 461 g/mol. The van der Waals surface area contributed by atoms with Crippen LogP contribution in [0.15, 0.2) is 27.8 Å². The van der Waals surface area contributed by atoms with Gasteiger partial charge in [0, 0.05) is 10.6 Å². The molecule has 1 aromatic carbocycles. The molecule has 166 valence electrons. The van der Waals surface area contributed by atoms with Crippen molar-refractivity contribution in [3.63, 3.8) is 0 Å². The molecule has 0 saturated carbocycles. The number of amides is 1. The van der Waals surface area contributed by atoms with Gasteiger partial charge in [-0.1, -0.05) is 43.0 Å². The number of sulfone groups is 1. The van der Waals surface area contributed by atoms with Crippen LogP contribution in [0.1, 0.15) is 58.5 Å². The zero-order chi connectivity index (χ0) is 22.7. The molecule has 0 aliphatic carbocycles.